The molecule has 0 N–H and O–H groups in total. The number of halogens is 2. The fraction of sp³-hybridized carbons (Fsp3) is 0.316. The lowest BCUT2D eigenvalue weighted by molar-refractivity contribution is 0.0526. The average Bonchev–Trinajstić information content (AvgIpc) is 3.45. The summed E-state index contributed by atoms with van der Waals surface area (Å²) in [4.78, 5) is 11.9. The number of rotatable bonds is 7. The van der Waals surface area contributed by atoms with Crippen molar-refractivity contribution in [3.05, 3.63) is 63.9 Å². The summed E-state index contributed by atoms with van der Waals surface area (Å²) in [5, 5.41) is 0. The van der Waals surface area contributed by atoms with Crippen molar-refractivity contribution in [3.63, 3.8) is 0 Å². The third kappa shape index (κ3) is 4.56. The van der Waals surface area contributed by atoms with Crippen molar-refractivity contribution in [2.24, 2.45) is 0 Å². The summed E-state index contributed by atoms with van der Waals surface area (Å²) in [5.41, 5.74) is 0.991. The molecular formula is C19H19BrFNO4S. The number of sulfonamides is 1. The van der Waals surface area contributed by atoms with E-state index in [-0.39, 0.29) is 35.5 Å². The Morgan fingerprint density at radius 2 is 1.89 bits per heavy atom. The molecule has 0 heterocycles. The lowest BCUT2D eigenvalue weighted by Gasteiger charge is -2.23. The molecule has 2 aromatic rings. The van der Waals surface area contributed by atoms with E-state index in [1.807, 2.05) is 0 Å². The van der Waals surface area contributed by atoms with Gasteiger partial charge in [0.25, 0.3) is 0 Å². The monoisotopic (exact) mass is 455 g/mol. The van der Waals surface area contributed by atoms with Gasteiger partial charge in [-0.25, -0.2) is 17.6 Å². The first-order valence-electron chi connectivity index (χ1n) is 8.56. The molecule has 144 valence electrons. The maximum absolute atomic E-state index is 13.2. The maximum atomic E-state index is 13.2. The second-order valence-corrected chi connectivity index (χ2v) is 8.99. The second-order valence-electron chi connectivity index (χ2n) is 6.27. The number of ether oxygens (including phenoxy) is 1. The Labute approximate surface area is 166 Å². The normalized spacial score (nSPS) is 14.4. The minimum Gasteiger partial charge on any atom is -0.462 e. The van der Waals surface area contributed by atoms with Crippen LogP contribution >= 0.6 is 15.9 Å². The molecule has 0 unspecified atom stereocenters. The molecule has 0 atom stereocenters. The van der Waals surface area contributed by atoms with Gasteiger partial charge in [-0.15, -0.1) is 0 Å². The van der Waals surface area contributed by atoms with Crippen LogP contribution in [0.15, 0.2) is 51.8 Å². The van der Waals surface area contributed by atoms with Crippen LogP contribution in [-0.2, 0) is 21.3 Å². The van der Waals surface area contributed by atoms with Crippen molar-refractivity contribution in [1.29, 1.82) is 0 Å². The zero-order valence-corrected chi connectivity index (χ0v) is 17.1. The van der Waals surface area contributed by atoms with E-state index in [4.69, 9.17) is 4.74 Å². The van der Waals surface area contributed by atoms with Gasteiger partial charge in [0.05, 0.1) is 17.1 Å². The zero-order valence-electron chi connectivity index (χ0n) is 14.7. The third-order valence-corrected chi connectivity index (χ3v) is 7.11. The molecule has 2 aromatic carbocycles. The van der Waals surface area contributed by atoms with E-state index in [2.05, 4.69) is 15.9 Å². The molecule has 1 fully saturated rings. The van der Waals surface area contributed by atoms with Gasteiger partial charge < -0.3 is 4.74 Å². The summed E-state index contributed by atoms with van der Waals surface area (Å²) in [7, 11) is -3.79. The highest BCUT2D eigenvalue weighted by Crippen LogP contribution is 2.36. The van der Waals surface area contributed by atoms with E-state index in [1.165, 1.54) is 34.6 Å². The van der Waals surface area contributed by atoms with E-state index in [9.17, 15) is 17.6 Å². The Hall–Kier alpha value is -1.77. The second kappa shape index (κ2) is 8.08. The number of carbonyl (C=O) groups excluding carboxylic acids is 1. The fourth-order valence-corrected chi connectivity index (χ4v) is 5.43. The van der Waals surface area contributed by atoms with Crippen molar-refractivity contribution in [2.75, 3.05) is 6.61 Å². The molecule has 0 saturated heterocycles. The SMILES string of the molecule is CCOC(=O)c1ccc(S(=O)(=O)N(Cc2ccc(F)cc2)C2CC2)c(Br)c1. The summed E-state index contributed by atoms with van der Waals surface area (Å²) < 4.78 is 46.2. The first-order valence-corrected chi connectivity index (χ1v) is 10.8. The highest BCUT2D eigenvalue weighted by Gasteiger charge is 2.39. The summed E-state index contributed by atoms with van der Waals surface area (Å²) in [5.74, 6) is -0.871. The van der Waals surface area contributed by atoms with Crippen LogP contribution < -0.4 is 0 Å². The van der Waals surface area contributed by atoms with Crippen molar-refractivity contribution in [1.82, 2.24) is 4.31 Å². The van der Waals surface area contributed by atoms with Gasteiger partial charge in [-0.1, -0.05) is 12.1 Å². The van der Waals surface area contributed by atoms with E-state index in [1.54, 1.807) is 19.1 Å². The van der Waals surface area contributed by atoms with Crippen LogP contribution in [0.2, 0.25) is 0 Å². The molecule has 8 heteroatoms. The number of hydrogen-bond acceptors (Lipinski definition) is 4. The summed E-state index contributed by atoms with van der Waals surface area (Å²) >= 11 is 3.27. The minimum atomic E-state index is -3.79. The summed E-state index contributed by atoms with van der Waals surface area (Å²) in [6, 6.07) is 10.0. The number of carbonyl (C=O) groups is 1. The van der Waals surface area contributed by atoms with Crippen LogP contribution in [0.4, 0.5) is 4.39 Å². The smallest absolute Gasteiger partial charge is 0.338 e. The maximum Gasteiger partial charge on any atom is 0.338 e. The number of hydrogen-bond donors (Lipinski definition) is 0. The van der Waals surface area contributed by atoms with Crippen LogP contribution in [0.3, 0.4) is 0 Å². The molecule has 0 aromatic heterocycles. The van der Waals surface area contributed by atoms with Gasteiger partial charge in [-0.2, -0.15) is 4.31 Å². The van der Waals surface area contributed by atoms with E-state index < -0.39 is 16.0 Å². The fourth-order valence-electron chi connectivity index (χ4n) is 2.72. The van der Waals surface area contributed by atoms with Crippen molar-refractivity contribution in [3.8, 4) is 0 Å². The zero-order chi connectivity index (χ0) is 19.6. The summed E-state index contributed by atoms with van der Waals surface area (Å²) in [6.07, 6.45) is 1.58. The topological polar surface area (TPSA) is 63.7 Å². The Morgan fingerprint density at radius 3 is 2.44 bits per heavy atom. The number of benzene rings is 2. The van der Waals surface area contributed by atoms with Gasteiger partial charge in [-0.05, 0) is 71.6 Å². The molecular weight excluding hydrogens is 437 g/mol. The van der Waals surface area contributed by atoms with Crippen LogP contribution in [0.25, 0.3) is 0 Å². The third-order valence-electron chi connectivity index (χ3n) is 4.24. The predicted molar refractivity (Wildman–Crippen MR) is 102 cm³/mol. The predicted octanol–water partition coefficient (Wildman–Crippen LogP) is 4.12. The van der Waals surface area contributed by atoms with Crippen molar-refractivity contribution < 1.29 is 22.3 Å². The Kier molecular flexibility index (Phi) is 5.98. The standard InChI is InChI=1S/C19H19BrFNO4S/c1-2-26-19(23)14-5-10-18(17(20)11-14)27(24,25)22(16-8-9-16)12-13-3-6-15(21)7-4-13/h3-7,10-11,16H,2,8-9,12H2,1H3. The van der Waals surface area contributed by atoms with Crippen LogP contribution in [0.1, 0.15) is 35.7 Å². The molecule has 1 aliphatic carbocycles. The first-order chi connectivity index (χ1) is 12.8. The first kappa shape index (κ1) is 20.0. The van der Waals surface area contributed by atoms with Gasteiger partial charge >= 0.3 is 5.97 Å². The van der Waals surface area contributed by atoms with E-state index in [0.717, 1.165) is 12.8 Å². The van der Waals surface area contributed by atoms with Gasteiger partial charge in [0.2, 0.25) is 10.0 Å². The molecule has 0 bridgehead atoms. The summed E-state index contributed by atoms with van der Waals surface area (Å²) in [6.45, 7) is 2.11. The largest absolute Gasteiger partial charge is 0.462 e. The molecule has 0 amide bonds. The van der Waals surface area contributed by atoms with Crippen LogP contribution in [0.5, 0.6) is 0 Å². The Morgan fingerprint density at radius 1 is 1.22 bits per heavy atom. The minimum absolute atomic E-state index is 0.0725. The van der Waals surface area contributed by atoms with Gasteiger partial charge in [0.15, 0.2) is 0 Å². The highest BCUT2D eigenvalue weighted by molar-refractivity contribution is 9.10. The molecule has 27 heavy (non-hydrogen) atoms. The van der Waals surface area contributed by atoms with Gasteiger partial charge in [0.1, 0.15) is 5.82 Å². The Balaban J connectivity index is 1.90. The number of esters is 1. The van der Waals surface area contributed by atoms with Gasteiger partial charge in [-0.3, -0.25) is 0 Å². The van der Waals surface area contributed by atoms with E-state index >= 15 is 0 Å². The molecule has 5 nitrogen and oxygen atoms in total. The highest BCUT2D eigenvalue weighted by atomic mass is 79.9. The van der Waals surface area contributed by atoms with Crippen LogP contribution in [0, 0.1) is 5.82 Å². The average molecular weight is 456 g/mol. The van der Waals surface area contributed by atoms with Gasteiger partial charge in [0, 0.05) is 17.1 Å². The molecule has 3 rings (SSSR count). The van der Waals surface area contributed by atoms with Crippen molar-refractivity contribution >= 4 is 31.9 Å². The number of nitrogens with zero attached hydrogens (tertiary/aromatic N) is 1. The molecule has 0 aliphatic heterocycles. The molecule has 0 spiro atoms. The van der Waals surface area contributed by atoms with E-state index in [0.29, 0.717) is 10.0 Å². The van der Waals surface area contributed by atoms with Crippen LogP contribution in [-0.4, -0.2) is 31.3 Å². The molecule has 0 radical (unpaired) electrons. The lowest BCUT2D eigenvalue weighted by Crippen LogP contribution is -2.33. The lowest BCUT2D eigenvalue weighted by atomic mass is 10.2. The molecule has 1 saturated carbocycles. The van der Waals surface area contributed by atoms with Crippen molar-refractivity contribution in [2.45, 2.75) is 37.2 Å². The molecule has 1 aliphatic rings. The quantitative estimate of drug-likeness (QED) is 0.589. The Bertz CT molecular complexity index is 943.